The maximum Gasteiger partial charge on any atom is 0.274 e. The largest absolute Gasteiger partial charge is 0.349 e. The van der Waals surface area contributed by atoms with Gasteiger partial charge in [0.15, 0.2) is 0 Å². The molecule has 0 aliphatic heterocycles. The van der Waals surface area contributed by atoms with E-state index in [-0.39, 0.29) is 17.5 Å². The van der Waals surface area contributed by atoms with Gasteiger partial charge in [0.2, 0.25) is 0 Å². The number of para-hydroxylation sites is 1. The number of hydrogen-bond donors (Lipinski definition) is 2. The Morgan fingerprint density at radius 3 is 2.62 bits per heavy atom. The van der Waals surface area contributed by atoms with E-state index in [1.807, 2.05) is 18.2 Å². The number of pyridine rings is 1. The number of amides is 2. The molecule has 0 fully saturated rings. The van der Waals surface area contributed by atoms with E-state index in [0.29, 0.717) is 17.8 Å². The molecule has 5 nitrogen and oxygen atoms in total. The summed E-state index contributed by atoms with van der Waals surface area (Å²) >= 11 is 0. The van der Waals surface area contributed by atoms with Crippen LogP contribution in [0.1, 0.15) is 20.8 Å². The molecule has 2 amide bonds. The molecule has 0 spiro atoms. The topological polar surface area (TPSA) is 71.1 Å². The molecule has 2 aromatic rings. The van der Waals surface area contributed by atoms with Crippen molar-refractivity contribution >= 4 is 17.5 Å². The summed E-state index contributed by atoms with van der Waals surface area (Å²) < 4.78 is 0. The van der Waals surface area contributed by atoms with Gasteiger partial charge in [0.05, 0.1) is 0 Å². The highest BCUT2D eigenvalue weighted by Gasteiger charge is 2.11. The first-order valence-electron chi connectivity index (χ1n) is 6.42. The highest BCUT2D eigenvalue weighted by Crippen LogP contribution is 2.08. The summed E-state index contributed by atoms with van der Waals surface area (Å²) in [4.78, 5) is 27.9. The second-order valence-electron chi connectivity index (χ2n) is 4.25. The molecular formula is C16H15N3O2. The number of nitrogens with one attached hydrogen (secondary N) is 2. The van der Waals surface area contributed by atoms with Gasteiger partial charge in [-0.1, -0.05) is 24.3 Å². The van der Waals surface area contributed by atoms with E-state index in [2.05, 4.69) is 22.2 Å². The maximum atomic E-state index is 12.1. The SMILES string of the molecule is C=CCNC(=O)c1ccnc(C(=O)Nc2ccccc2)c1. The lowest BCUT2D eigenvalue weighted by Crippen LogP contribution is -2.24. The highest BCUT2D eigenvalue weighted by molar-refractivity contribution is 6.04. The second-order valence-corrected chi connectivity index (χ2v) is 4.25. The van der Waals surface area contributed by atoms with Gasteiger partial charge in [-0.3, -0.25) is 14.6 Å². The molecule has 5 heteroatoms. The van der Waals surface area contributed by atoms with E-state index in [0.717, 1.165) is 0 Å². The lowest BCUT2D eigenvalue weighted by atomic mass is 10.2. The van der Waals surface area contributed by atoms with Crippen LogP contribution in [0.4, 0.5) is 5.69 Å². The van der Waals surface area contributed by atoms with Crippen molar-refractivity contribution in [1.82, 2.24) is 10.3 Å². The Morgan fingerprint density at radius 2 is 1.90 bits per heavy atom. The van der Waals surface area contributed by atoms with Gasteiger partial charge in [0.1, 0.15) is 5.69 Å². The number of carbonyl (C=O) groups excluding carboxylic acids is 2. The lowest BCUT2D eigenvalue weighted by molar-refractivity contribution is 0.0958. The number of nitrogens with zero attached hydrogens (tertiary/aromatic N) is 1. The Kier molecular flexibility index (Phi) is 4.82. The Balaban J connectivity index is 2.11. The summed E-state index contributed by atoms with van der Waals surface area (Å²) in [6.07, 6.45) is 3.02. The van der Waals surface area contributed by atoms with Crippen LogP contribution in [0.3, 0.4) is 0 Å². The van der Waals surface area contributed by atoms with Crippen molar-refractivity contribution in [2.24, 2.45) is 0 Å². The number of carbonyl (C=O) groups is 2. The minimum absolute atomic E-state index is 0.185. The van der Waals surface area contributed by atoms with Crippen molar-refractivity contribution in [2.45, 2.75) is 0 Å². The molecule has 0 bridgehead atoms. The zero-order valence-corrected chi connectivity index (χ0v) is 11.4. The van der Waals surface area contributed by atoms with Gasteiger partial charge >= 0.3 is 0 Å². The summed E-state index contributed by atoms with van der Waals surface area (Å²) in [5.74, 6) is -0.634. The first-order chi connectivity index (χ1) is 10.2. The van der Waals surface area contributed by atoms with Crippen LogP contribution in [0.5, 0.6) is 0 Å². The summed E-state index contributed by atoms with van der Waals surface area (Å²) in [6, 6.07) is 12.1. The molecule has 1 heterocycles. The Labute approximate surface area is 122 Å². The first kappa shape index (κ1) is 14.5. The van der Waals surface area contributed by atoms with E-state index < -0.39 is 0 Å². The first-order valence-corrected chi connectivity index (χ1v) is 6.42. The molecule has 21 heavy (non-hydrogen) atoms. The third kappa shape index (κ3) is 4.01. The normalized spacial score (nSPS) is 9.71. The van der Waals surface area contributed by atoms with Gasteiger partial charge in [-0.15, -0.1) is 6.58 Å². The zero-order valence-electron chi connectivity index (χ0n) is 11.4. The molecule has 0 radical (unpaired) electrons. The molecule has 0 unspecified atom stereocenters. The maximum absolute atomic E-state index is 12.1. The predicted octanol–water partition coefficient (Wildman–Crippen LogP) is 2.25. The minimum atomic E-state index is -0.362. The van der Waals surface area contributed by atoms with Crippen molar-refractivity contribution in [3.63, 3.8) is 0 Å². The molecule has 2 rings (SSSR count). The quantitative estimate of drug-likeness (QED) is 0.826. The van der Waals surface area contributed by atoms with Gasteiger partial charge < -0.3 is 10.6 Å². The summed E-state index contributed by atoms with van der Waals surface area (Å²) in [6.45, 7) is 3.90. The van der Waals surface area contributed by atoms with E-state index in [9.17, 15) is 9.59 Å². The van der Waals surface area contributed by atoms with Crippen LogP contribution < -0.4 is 10.6 Å². The molecule has 1 aromatic carbocycles. The van der Waals surface area contributed by atoms with E-state index in [4.69, 9.17) is 0 Å². The van der Waals surface area contributed by atoms with Gasteiger partial charge in [-0.25, -0.2) is 0 Å². The standard InChI is InChI=1S/C16H15N3O2/c1-2-9-18-15(20)12-8-10-17-14(11-12)16(21)19-13-6-4-3-5-7-13/h2-8,10-11H,1,9H2,(H,18,20)(H,19,21). The van der Waals surface area contributed by atoms with Gasteiger partial charge in [-0.2, -0.15) is 0 Å². The number of aromatic nitrogens is 1. The zero-order chi connectivity index (χ0) is 15.1. The lowest BCUT2D eigenvalue weighted by Gasteiger charge is -2.06. The third-order valence-electron chi connectivity index (χ3n) is 2.69. The molecule has 1 aromatic heterocycles. The van der Waals surface area contributed by atoms with Crippen LogP contribution in [0, 0.1) is 0 Å². The van der Waals surface area contributed by atoms with Gasteiger partial charge in [-0.05, 0) is 24.3 Å². The Bertz CT molecular complexity index is 654. The van der Waals surface area contributed by atoms with Crippen LogP contribution in [0.2, 0.25) is 0 Å². The molecule has 2 N–H and O–H groups in total. The molecule has 0 atom stereocenters. The van der Waals surface area contributed by atoms with Crippen molar-refractivity contribution in [1.29, 1.82) is 0 Å². The Hall–Kier alpha value is -2.95. The molecule has 0 aliphatic rings. The molecule has 106 valence electrons. The number of benzene rings is 1. The monoisotopic (exact) mass is 281 g/mol. The van der Waals surface area contributed by atoms with Crippen LogP contribution in [0.25, 0.3) is 0 Å². The number of rotatable bonds is 5. The van der Waals surface area contributed by atoms with Gasteiger partial charge in [0.25, 0.3) is 11.8 Å². The van der Waals surface area contributed by atoms with E-state index in [1.54, 1.807) is 24.3 Å². The predicted molar refractivity (Wildman–Crippen MR) is 81.2 cm³/mol. The minimum Gasteiger partial charge on any atom is -0.349 e. The molecular weight excluding hydrogens is 266 g/mol. The summed E-state index contributed by atoms with van der Waals surface area (Å²) in [5.41, 5.74) is 1.24. The average Bonchev–Trinajstić information content (AvgIpc) is 2.53. The third-order valence-corrected chi connectivity index (χ3v) is 2.69. The van der Waals surface area contributed by atoms with Gasteiger partial charge in [0, 0.05) is 24.0 Å². The Morgan fingerprint density at radius 1 is 1.14 bits per heavy atom. The average molecular weight is 281 g/mol. The smallest absolute Gasteiger partial charge is 0.274 e. The van der Waals surface area contributed by atoms with Crippen LogP contribution in [0.15, 0.2) is 61.3 Å². The summed E-state index contributed by atoms with van der Waals surface area (Å²) in [7, 11) is 0. The van der Waals surface area contributed by atoms with Crippen molar-refractivity contribution in [3.05, 3.63) is 72.6 Å². The van der Waals surface area contributed by atoms with E-state index >= 15 is 0 Å². The number of hydrogen-bond acceptors (Lipinski definition) is 3. The summed E-state index contributed by atoms with van der Waals surface area (Å²) in [5, 5.41) is 5.37. The fourth-order valence-electron chi connectivity index (χ4n) is 1.68. The van der Waals surface area contributed by atoms with Crippen LogP contribution in [-0.4, -0.2) is 23.3 Å². The second kappa shape index (κ2) is 7.00. The van der Waals surface area contributed by atoms with Crippen molar-refractivity contribution in [2.75, 3.05) is 11.9 Å². The van der Waals surface area contributed by atoms with Crippen molar-refractivity contribution < 1.29 is 9.59 Å². The molecule has 0 aliphatic carbocycles. The van der Waals surface area contributed by atoms with Crippen molar-refractivity contribution in [3.8, 4) is 0 Å². The van der Waals surface area contributed by atoms with Crippen LogP contribution in [-0.2, 0) is 0 Å². The molecule has 0 saturated heterocycles. The fourth-order valence-corrected chi connectivity index (χ4v) is 1.68. The highest BCUT2D eigenvalue weighted by atomic mass is 16.2. The fraction of sp³-hybridized carbons (Fsp3) is 0.0625. The number of anilines is 1. The van der Waals surface area contributed by atoms with Crippen LogP contribution >= 0.6 is 0 Å². The van der Waals surface area contributed by atoms with E-state index in [1.165, 1.54) is 12.3 Å². The molecule has 0 saturated carbocycles.